The first-order valence-electron chi connectivity index (χ1n) is 6.15. The number of aliphatic hydroxyl groups is 1. The Kier molecular flexibility index (Phi) is 3.98. The van der Waals surface area contributed by atoms with E-state index in [1.165, 1.54) is 0 Å². The van der Waals surface area contributed by atoms with Gasteiger partial charge in [0.15, 0.2) is 0 Å². The van der Waals surface area contributed by atoms with E-state index in [4.69, 9.17) is 9.26 Å². The molecule has 2 heterocycles. The van der Waals surface area contributed by atoms with Crippen LogP contribution in [0.3, 0.4) is 0 Å². The molecule has 100 valence electrons. The van der Waals surface area contributed by atoms with E-state index in [-0.39, 0.29) is 18.6 Å². The topological polar surface area (TPSA) is 84.6 Å². The summed E-state index contributed by atoms with van der Waals surface area (Å²) in [6, 6.07) is -0.273. The highest BCUT2D eigenvalue weighted by Crippen LogP contribution is 2.15. The smallest absolute Gasteiger partial charge is 0.257 e. The molecule has 0 radical (unpaired) electrons. The standard InChI is InChI=1S/C12H18N2O4/c1-3-8-11(7(2)18-14-8)12(16)13-9-4-5-17-6-10(9)15/h9-10,15H,3-6H2,1-2H3,(H,13,16)/t9-,10-/m1/s1. The van der Waals surface area contributed by atoms with E-state index in [2.05, 4.69) is 10.5 Å². The summed E-state index contributed by atoms with van der Waals surface area (Å²) in [5.41, 5.74) is 1.13. The lowest BCUT2D eigenvalue weighted by molar-refractivity contribution is -0.0261. The predicted molar refractivity (Wildman–Crippen MR) is 63.3 cm³/mol. The molecule has 0 aromatic carbocycles. The number of nitrogens with one attached hydrogen (secondary N) is 1. The number of aliphatic hydroxyl groups excluding tert-OH is 1. The quantitative estimate of drug-likeness (QED) is 0.817. The summed E-state index contributed by atoms with van der Waals surface area (Å²) >= 11 is 0. The van der Waals surface area contributed by atoms with E-state index in [1.54, 1.807) is 6.92 Å². The molecule has 6 heteroatoms. The lowest BCUT2D eigenvalue weighted by atomic mass is 10.0. The molecule has 0 unspecified atom stereocenters. The van der Waals surface area contributed by atoms with Gasteiger partial charge in [0.2, 0.25) is 0 Å². The molecule has 0 spiro atoms. The number of nitrogens with zero attached hydrogens (tertiary/aromatic N) is 1. The van der Waals surface area contributed by atoms with Crippen LogP contribution in [0.4, 0.5) is 0 Å². The number of aryl methyl sites for hydroxylation is 2. The average molecular weight is 254 g/mol. The Morgan fingerprint density at radius 1 is 1.61 bits per heavy atom. The van der Waals surface area contributed by atoms with E-state index < -0.39 is 6.10 Å². The summed E-state index contributed by atoms with van der Waals surface area (Å²) in [5, 5.41) is 16.4. The molecule has 1 amide bonds. The van der Waals surface area contributed by atoms with E-state index in [0.29, 0.717) is 36.5 Å². The van der Waals surface area contributed by atoms with Gasteiger partial charge in [0, 0.05) is 6.61 Å². The minimum atomic E-state index is -0.659. The molecule has 18 heavy (non-hydrogen) atoms. The molecule has 1 saturated heterocycles. The summed E-state index contributed by atoms with van der Waals surface area (Å²) in [6.45, 7) is 4.43. The van der Waals surface area contributed by atoms with Crippen LogP contribution in [0.2, 0.25) is 0 Å². The maximum Gasteiger partial charge on any atom is 0.257 e. The predicted octanol–water partition coefficient (Wildman–Crippen LogP) is 0.425. The SMILES string of the molecule is CCc1noc(C)c1C(=O)N[C@@H]1CCOC[C@H]1O. The number of hydrogen-bond donors (Lipinski definition) is 2. The maximum atomic E-state index is 12.2. The Balaban J connectivity index is 2.09. The Bertz CT molecular complexity index is 430. The molecule has 1 aliphatic rings. The number of amides is 1. The van der Waals surface area contributed by atoms with Crippen molar-refractivity contribution in [3.63, 3.8) is 0 Å². The van der Waals surface area contributed by atoms with Crippen molar-refractivity contribution in [1.29, 1.82) is 0 Å². The Morgan fingerprint density at radius 2 is 2.39 bits per heavy atom. The monoisotopic (exact) mass is 254 g/mol. The molecule has 1 aliphatic heterocycles. The molecule has 0 aliphatic carbocycles. The zero-order chi connectivity index (χ0) is 13.1. The molecule has 2 N–H and O–H groups in total. The summed E-state index contributed by atoms with van der Waals surface area (Å²) in [6.07, 6.45) is 0.586. The van der Waals surface area contributed by atoms with Crippen molar-refractivity contribution in [3.8, 4) is 0 Å². The highest BCUT2D eigenvalue weighted by atomic mass is 16.5. The zero-order valence-electron chi connectivity index (χ0n) is 10.6. The van der Waals surface area contributed by atoms with Gasteiger partial charge in [-0.2, -0.15) is 0 Å². The largest absolute Gasteiger partial charge is 0.389 e. The van der Waals surface area contributed by atoms with E-state index in [9.17, 15) is 9.90 Å². The van der Waals surface area contributed by atoms with Crippen molar-refractivity contribution in [2.75, 3.05) is 13.2 Å². The van der Waals surface area contributed by atoms with Crippen molar-refractivity contribution >= 4 is 5.91 Å². The number of carbonyl (C=O) groups is 1. The van der Waals surface area contributed by atoms with Gasteiger partial charge in [-0.3, -0.25) is 4.79 Å². The number of aromatic nitrogens is 1. The Hall–Kier alpha value is -1.40. The zero-order valence-corrected chi connectivity index (χ0v) is 10.6. The van der Waals surface area contributed by atoms with Crippen molar-refractivity contribution in [3.05, 3.63) is 17.0 Å². The number of carbonyl (C=O) groups excluding carboxylic acids is 1. The maximum absolute atomic E-state index is 12.2. The highest BCUT2D eigenvalue weighted by molar-refractivity contribution is 5.96. The molecular weight excluding hydrogens is 236 g/mol. The fraction of sp³-hybridized carbons (Fsp3) is 0.667. The van der Waals surface area contributed by atoms with Crippen LogP contribution in [0.1, 0.15) is 35.2 Å². The first-order chi connectivity index (χ1) is 8.63. The minimum absolute atomic E-state index is 0.239. The molecule has 0 saturated carbocycles. The van der Waals surface area contributed by atoms with Crippen molar-refractivity contribution < 1.29 is 19.2 Å². The third-order valence-electron chi connectivity index (χ3n) is 3.14. The van der Waals surface area contributed by atoms with Gasteiger partial charge in [-0.1, -0.05) is 12.1 Å². The molecule has 1 aromatic heterocycles. The fourth-order valence-electron chi connectivity index (χ4n) is 2.08. The third kappa shape index (κ3) is 2.54. The van der Waals surface area contributed by atoms with E-state index in [1.807, 2.05) is 6.92 Å². The van der Waals surface area contributed by atoms with Crippen LogP contribution in [-0.2, 0) is 11.2 Å². The number of ether oxygens (including phenoxy) is 1. The molecular formula is C12H18N2O4. The lowest BCUT2D eigenvalue weighted by Crippen LogP contribution is -2.48. The second-order valence-electron chi connectivity index (χ2n) is 4.42. The summed E-state index contributed by atoms with van der Waals surface area (Å²) in [5.74, 6) is 0.266. The van der Waals surface area contributed by atoms with E-state index >= 15 is 0 Å². The highest BCUT2D eigenvalue weighted by Gasteiger charge is 2.28. The average Bonchev–Trinajstić information content (AvgIpc) is 2.73. The molecule has 1 aromatic rings. The molecule has 1 fully saturated rings. The summed E-state index contributed by atoms with van der Waals surface area (Å²) in [4.78, 5) is 12.2. The van der Waals surface area contributed by atoms with Gasteiger partial charge < -0.3 is 19.7 Å². The number of rotatable bonds is 3. The minimum Gasteiger partial charge on any atom is -0.389 e. The van der Waals surface area contributed by atoms with Gasteiger partial charge >= 0.3 is 0 Å². The van der Waals surface area contributed by atoms with Crippen LogP contribution in [0.5, 0.6) is 0 Å². The van der Waals surface area contributed by atoms with Crippen LogP contribution < -0.4 is 5.32 Å². The second-order valence-corrected chi connectivity index (χ2v) is 4.42. The van der Waals surface area contributed by atoms with Crippen molar-refractivity contribution in [2.45, 2.75) is 38.8 Å². The van der Waals surface area contributed by atoms with Crippen LogP contribution in [-0.4, -0.2) is 41.5 Å². The first-order valence-corrected chi connectivity index (χ1v) is 6.15. The molecule has 6 nitrogen and oxygen atoms in total. The van der Waals surface area contributed by atoms with Crippen LogP contribution in [0.15, 0.2) is 4.52 Å². The fourth-order valence-corrected chi connectivity index (χ4v) is 2.08. The molecule has 0 bridgehead atoms. The van der Waals surface area contributed by atoms with Gasteiger partial charge in [-0.15, -0.1) is 0 Å². The molecule has 2 atom stereocenters. The van der Waals surface area contributed by atoms with Crippen molar-refractivity contribution in [2.24, 2.45) is 0 Å². The number of hydrogen-bond acceptors (Lipinski definition) is 5. The van der Waals surface area contributed by atoms with Gasteiger partial charge in [0.05, 0.1) is 24.4 Å². The summed E-state index contributed by atoms with van der Waals surface area (Å²) < 4.78 is 10.1. The van der Waals surface area contributed by atoms with Gasteiger partial charge in [0.25, 0.3) is 5.91 Å². The normalized spacial score (nSPS) is 23.9. The first kappa shape index (κ1) is 13.0. The Labute approximate surface area is 105 Å². The van der Waals surface area contributed by atoms with Crippen LogP contribution in [0, 0.1) is 6.92 Å². The molecule has 2 rings (SSSR count). The van der Waals surface area contributed by atoms with Crippen LogP contribution >= 0.6 is 0 Å². The lowest BCUT2D eigenvalue weighted by Gasteiger charge is -2.28. The van der Waals surface area contributed by atoms with Gasteiger partial charge in [-0.25, -0.2) is 0 Å². The summed E-state index contributed by atoms with van der Waals surface area (Å²) in [7, 11) is 0. The van der Waals surface area contributed by atoms with Crippen molar-refractivity contribution in [1.82, 2.24) is 10.5 Å². The second kappa shape index (κ2) is 5.49. The van der Waals surface area contributed by atoms with Gasteiger partial charge in [0.1, 0.15) is 11.3 Å². The van der Waals surface area contributed by atoms with Crippen LogP contribution in [0.25, 0.3) is 0 Å². The van der Waals surface area contributed by atoms with E-state index in [0.717, 1.165) is 0 Å². The van der Waals surface area contributed by atoms with Gasteiger partial charge in [-0.05, 0) is 19.8 Å². The Morgan fingerprint density at radius 3 is 3.06 bits per heavy atom. The third-order valence-corrected chi connectivity index (χ3v) is 3.14.